The van der Waals surface area contributed by atoms with Gasteiger partial charge in [-0.1, -0.05) is 18.2 Å². The van der Waals surface area contributed by atoms with Gasteiger partial charge in [0.1, 0.15) is 0 Å². The average molecular weight is 210 g/mol. The highest BCUT2D eigenvalue weighted by atomic mass is 16.8. The SMILES string of the molecule is O=C(O)c1ccccc1C1OCOCO1. The number of rotatable bonds is 2. The standard InChI is InChI=1S/C10H10O5/c11-9(12)7-3-1-2-4-8(7)10-14-5-13-6-15-10/h1-4,10H,5-6H2,(H,11,12). The van der Waals surface area contributed by atoms with E-state index in [1.54, 1.807) is 18.2 Å². The number of ether oxygens (including phenoxy) is 3. The number of carbonyl (C=O) groups is 1. The van der Waals surface area contributed by atoms with Gasteiger partial charge >= 0.3 is 5.97 Å². The van der Waals surface area contributed by atoms with Gasteiger partial charge in [0.15, 0.2) is 19.9 Å². The minimum Gasteiger partial charge on any atom is -0.478 e. The maximum atomic E-state index is 10.9. The van der Waals surface area contributed by atoms with Crippen LogP contribution >= 0.6 is 0 Å². The maximum absolute atomic E-state index is 10.9. The summed E-state index contributed by atoms with van der Waals surface area (Å²) in [7, 11) is 0. The third-order valence-corrected chi connectivity index (χ3v) is 2.05. The van der Waals surface area contributed by atoms with Gasteiger partial charge in [-0.2, -0.15) is 0 Å². The Labute approximate surface area is 86.2 Å². The number of carboxylic acid groups (broad SMARTS) is 1. The van der Waals surface area contributed by atoms with Gasteiger partial charge in [-0.05, 0) is 6.07 Å². The molecular formula is C10H10O5. The van der Waals surface area contributed by atoms with Crippen LogP contribution in [0.4, 0.5) is 0 Å². The van der Waals surface area contributed by atoms with Crippen LogP contribution in [0.5, 0.6) is 0 Å². The normalized spacial score (nSPS) is 17.6. The van der Waals surface area contributed by atoms with Crippen molar-refractivity contribution in [2.24, 2.45) is 0 Å². The molecule has 2 rings (SSSR count). The zero-order valence-electron chi connectivity index (χ0n) is 7.88. The Morgan fingerprint density at radius 2 is 1.93 bits per heavy atom. The fourth-order valence-corrected chi connectivity index (χ4v) is 1.38. The van der Waals surface area contributed by atoms with Crippen LogP contribution in [-0.4, -0.2) is 24.7 Å². The average Bonchev–Trinajstić information content (AvgIpc) is 2.30. The monoisotopic (exact) mass is 210 g/mol. The Bertz CT molecular complexity index is 357. The molecule has 5 heteroatoms. The lowest BCUT2D eigenvalue weighted by Gasteiger charge is -2.24. The minimum absolute atomic E-state index is 0.110. The molecule has 1 heterocycles. The summed E-state index contributed by atoms with van der Waals surface area (Å²) in [5, 5.41) is 8.95. The molecule has 0 bridgehead atoms. The molecule has 1 aliphatic heterocycles. The predicted molar refractivity (Wildman–Crippen MR) is 49.1 cm³/mol. The second-order valence-electron chi connectivity index (χ2n) is 3.00. The summed E-state index contributed by atoms with van der Waals surface area (Å²) in [4.78, 5) is 10.9. The van der Waals surface area contributed by atoms with Gasteiger partial charge in [-0.15, -0.1) is 0 Å². The van der Waals surface area contributed by atoms with Crippen LogP contribution in [-0.2, 0) is 14.2 Å². The molecule has 0 radical (unpaired) electrons. The van der Waals surface area contributed by atoms with Crippen molar-refractivity contribution in [2.75, 3.05) is 13.6 Å². The summed E-state index contributed by atoms with van der Waals surface area (Å²) in [5.74, 6) is -0.996. The lowest BCUT2D eigenvalue weighted by Crippen LogP contribution is -2.21. The van der Waals surface area contributed by atoms with Gasteiger partial charge < -0.3 is 19.3 Å². The molecule has 80 valence electrons. The van der Waals surface area contributed by atoms with E-state index in [2.05, 4.69) is 0 Å². The Morgan fingerprint density at radius 3 is 2.60 bits per heavy atom. The van der Waals surface area contributed by atoms with Gasteiger partial charge in [0, 0.05) is 5.56 Å². The van der Waals surface area contributed by atoms with Crippen molar-refractivity contribution in [3.05, 3.63) is 35.4 Å². The molecule has 0 spiro atoms. The van der Waals surface area contributed by atoms with Crippen LogP contribution in [0.3, 0.4) is 0 Å². The molecule has 15 heavy (non-hydrogen) atoms. The topological polar surface area (TPSA) is 65.0 Å². The van der Waals surface area contributed by atoms with E-state index in [1.807, 2.05) is 0 Å². The molecule has 0 saturated carbocycles. The lowest BCUT2D eigenvalue weighted by molar-refractivity contribution is -0.303. The van der Waals surface area contributed by atoms with Crippen molar-refractivity contribution in [1.82, 2.24) is 0 Å². The van der Waals surface area contributed by atoms with E-state index < -0.39 is 12.3 Å². The molecule has 1 fully saturated rings. The van der Waals surface area contributed by atoms with Gasteiger partial charge in [0.25, 0.3) is 0 Å². The van der Waals surface area contributed by atoms with E-state index in [1.165, 1.54) is 6.07 Å². The first kappa shape index (κ1) is 10.1. The zero-order chi connectivity index (χ0) is 10.7. The van der Waals surface area contributed by atoms with Crippen molar-refractivity contribution in [1.29, 1.82) is 0 Å². The fourth-order valence-electron chi connectivity index (χ4n) is 1.38. The third kappa shape index (κ3) is 2.15. The smallest absolute Gasteiger partial charge is 0.336 e. The van der Waals surface area contributed by atoms with Crippen LogP contribution in [0.2, 0.25) is 0 Å². The van der Waals surface area contributed by atoms with Crippen molar-refractivity contribution < 1.29 is 24.1 Å². The third-order valence-electron chi connectivity index (χ3n) is 2.05. The quantitative estimate of drug-likeness (QED) is 0.798. The molecule has 5 nitrogen and oxygen atoms in total. The molecule has 0 amide bonds. The largest absolute Gasteiger partial charge is 0.478 e. The summed E-state index contributed by atoms with van der Waals surface area (Å²) in [6.45, 7) is 0.219. The molecule has 1 saturated heterocycles. The molecule has 0 unspecified atom stereocenters. The van der Waals surface area contributed by atoms with Gasteiger partial charge in [-0.25, -0.2) is 4.79 Å². The Balaban J connectivity index is 2.29. The number of carboxylic acids is 1. The van der Waals surface area contributed by atoms with Crippen LogP contribution in [0.25, 0.3) is 0 Å². The van der Waals surface area contributed by atoms with E-state index in [9.17, 15) is 4.79 Å². The molecule has 0 atom stereocenters. The van der Waals surface area contributed by atoms with Crippen molar-refractivity contribution in [3.63, 3.8) is 0 Å². The van der Waals surface area contributed by atoms with Crippen LogP contribution < -0.4 is 0 Å². The molecular weight excluding hydrogens is 200 g/mol. The lowest BCUT2D eigenvalue weighted by atomic mass is 10.1. The van der Waals surface area contributed by atoms with E-state index in [4.69, 9.17) is 19.3 Å². The maximum Gasteiger partial charge on any atom is 0.336 e. The molecule has 0 aromatic heterocycles. The number of hydrogen-bond donors (Lipinski definition) is 1. The first-order valence-electron chi connectivity index (χ1n) is 4.42. The first-order valence-corrected chi connectivity index (χ1v) is 4.42. The van der Waals surface area contributed by atoms with E-state index in [0.29, 0.717) is 5.56 Å². The summed E-state index contributed by atoms with van der Waals surface area (Å²) in [6.07, 6.45) is -0.661. The van der Waals surface area contributed by atoms with E-state index in [-0.39, 0.29) is 19.1 Å². The molecule has 1 aliphatic rings. The number of benzene rings is 1. The highest BCUT2D eigenvalue weighted by Gasteiger charge is 2.22. The second-order valence-corrected chi connectivity index (χ2v) is 3.00. The zero-order valence-corrected chi connectivity index (χ0v) is 7.88. The minimum atomic E-state index is -0.996. The van der Waals surface area contributed by atoms with E-state index >= 15 is 0 Å². The van der Waals surface area contributed by atoms with Crippen molar-refractivity contribution >= 4 is 5.97 Å². The van der Waals surface area contributed by atoms with Gasteiger partial charge in [0.05, 0.1) is 5.56 Å². The Morgan fingerprint density at radius 1 is 1.27 bits per heavy atom. The van der Waals surface area contributed by atoms with Gasteiger partial charge in [-0.3, -0.25) is 0 Å². The summed E-state index contributed by atoms with van der Waals surface area (Å²) < 4.78 is 15.1. The fraction of sp³-hybridized carbons (Fsp3) is 0.300. The van der Waals surface area contributed by atoms with Crippen LogP contribution in [0.15, 0.2) is 24.3 Å². The van der Waals surface area contributed by atoms with Crippen molar-refractivity contribution in [3.8, 4) is 0 Å². The summed E-state index contributed by atoms with van der Waals surface area (Å²) in [6, 6.07) is 6.58. The molecule has 1 aromatic rings. The van der Waals surface area contributed by atoms with Crippen LogP contribution in [0.1, 0.15) is 22.2 Å². The highest BCUT2D eigenvalue weighted by molar-refractivity contribution is 5.89. The van der Waals surface area contributed by atoms with Gasteiger partial charge in [0.2, 0.25) is 0 Å². The summed E-state index contributed by atoms with van der Waals surface area (Å²) in [5.41, 5.74) is 0.692. The Hall–Kier alpha value is -1.43. The molecule has 0 aliphatic carbocycles. The van der Waals surface area contributed by atoms with Crippen molar-refractivity contribution in [2.45, 2.75) is 6.29 Å². The first-order chi connectivity index (χ1) is 7.29. The number of hydrogen-bond acceptors (Lipinski definition) is 4. The summed E-state index contributed by atoms with van der Waals surface area (Å²) >= 11 is 0. The van der Waals surface area contributed by atoms with Crippen LogP contribution in [0, 0.1) is 0 Å². The molecule has 1 aromatic carbocycles. The predicted octanol–water partition coefficient (Wildman–Crippen LogP) is 1.36. The molecule has 1 N–H and O–H groups in total. The second kappa shape index (κ2) is 4.39. The number of aromatic carboxylic acids is 1. The Kier molecular flexibility index (Phi) is 2.96. The van der Waals surface area contributed by atoms with E-state index in [0.717, 1.165) is 0 Å². The highest BCUT2D eigenvalue weighted by Crippen LogP contribution is 2.24.